The Labute approximate surface area is 164 Å². The lowest BCUT2D eigenvalue weighted by molar-refractivity contribution is -0.137. The van der Waals surface area contributed by atoms with Crippen LogP contribution in [0.5, 0.6) is 0 Å². The first-order valence-electron chi connectivity index (χ1n) is 6.72. The van der Waals surface area contributed by atoms with Gasteiger partial charge in [0.05, 0.1) is 10.7 Å². The molecule has 2 aromatic carbocycles. The van der Waals surface area contributed by atoms with E-state index in [4.69, 9.17) is 46.4 Å². The maximum atomic E-state index is 13.1. The van der Waals surface area contributed by atoms with Gasteiger partial charge in [-0.05, 0) is 43.3 Å². The highest BCUT2D eigenvalue weighted by molar-refractivity contribution is 7.93. The Morgan fingerprint density at radius 1 is 1.00 bits per heavy atom. The molecule has 25 heavy (non-hydrogen) atoms. The quantitative estimate of drug-likeness (QED) is 0.709. The summed E-state index contributed by atoms with van der Waals surface area (Å²) in [4.78, 5) is 11.2. The number of hydrogen-bond acceptors (Lipinski definition) is 3. The van der Waals surface area contributed by atoms with Crippen LogP contribution >= 0.6 is 46.4 Å². The second-order valence-electron chi connectivity index (χ2n) is 5.02. The van der Waals surface area contributed by atoms with E-state index in [9.17, 15) is 18.3 Å². The molecular formula is C15H11Cl4NO4S. The monoisotopic (exact) mass is 441 g/mol. The highest BCUT2D eigenvalue weighted by atomic mass is 35.5. The summed E-state index contributed by atoms with van der Waals surface area (Å²) in [6.45, 7) is 1.22. The second-order valence-corrected chi connectivity index (χ2v) is 8.52. The van der Waals surface area contributed by atoms with Gasteiger partial charge in [0.1, 0.15) is 10.9 Å². The van der Waals surface area contributed by atoms with E-state index in [0.717, 1.165) is 6.07 Å². The van der Waals surface area contributed by atoms with Crippen molar-refractivity contribution in [1.82, 2.24) is 0 Å². The highest BCUT2D eigenvalue weighted by Crippen LogP contribution is 2.34. The third kappa shape index (κ3) is 4.33. The number of aliphatic carboxylic acids is 1. The molecule has 2 rings (SSSR count). The van der Waals surface area contributed by atoms with Crippen molar-refractivity contribution in [2.45, 2.75) is 17.9 Å². The lowest BCUT2D eigenvalue weighted by Crippen LogP contribution is -2.43. The number of carboxylic acids is 1. The molecule has 10 heteroatoms. The van der Waals surface area contributed by atoms with E-state index in [1.807, 2.05) is 0 Å². The number of sulfonamides is 1. The minimum absolute atomic E-state index is 0.0107. The smallest absolute Gasteiger partial charge is 0.327 e. The van der Waals surface area contributed by atoms with Crippen molar-refractivity contribution in [3.63, 3.8) is 0 Å². The van der Waals surface area contributed by atoms with Crippen LogP contribution in [0.25, 0.3) is 0 Å². The molecule has 0 spiro atoms. The molecule has 1 N–H and O–H groups in total. The van der Waals surface area contributed by atoms with Crippen molar-refractivity contribution in [1.29, 1.82) is 0 Å². The van der Waals surface area contributed by atoms with Crippen LogP contribution in [-0.2, 0) is 14.8 Å². The minimum Gasteiger partial charge on any atom is -0.480 e. The Bertz CT molecular complexity index is 913. The molecule has 0 aromatic heterocycles. The lowest BCUT2D eigenvalue weighted by atomic mass is 10.2. The Morgan fingerprint density at radius 2 is 1.56 bits per heavy atom. The van der Waals surface area contributed by atoms with Crippen molar-refractivity contribution in [2.75, 3.05) is 4.31 Å². The van der Waals surface area contributed by atoms with Gasteiger partial charge >= 0.3 is 5.97 Å². The van der Waals surface area contributed by atoms with Crippen molar-refractivity contribution >= 4 is 68.1 Å². The van der Waals surface area contributed by atoms with Crippen LogP contribution in [0.3, 0.4) is 0 Å². The molecule has 0 heterocycles. The summed E-state index contributed by atoms with van der Waals surface area (Å²) >= 11 is 23.7. The van der Waals surface area contributed by atoms with Crippen molar-refractivity contribution < 1.29 is 18.3 Å². The Balaban J connectivity index is 2.74. The minimum atomic E-state index is -4.37. The molecule has 0 bridgehead atoms. The van der Waals surface area contributed by atoms with Gasteiger partial charge in [-0.3, -0.25) is 4.31 Å². The first-order chi connectivity index (χ1) is 11.5. The first-order valence-corrected chi connectivity index (χ1v) is 9.67. The molecular weight excluding hydrogens is 432 g/mol. The molecule has 0 aliphatic heterocycles. The van der Waals surface area contributed by atoms with Crippen LogP contribution in [0.1, 0.15) is 6.92 Å². The standard InChI is InChI=1S/C15H11Cl4NO4S/c1-8(15(21)22)20(12-5-10(17)4-11(18)6-12)25(23,24)14-7-9(16)2-3-13(14)19/h2-8H,1H3,(H,21,22). The number of carboxylic acid groups (broad SMARTS) is 1. The summed E-state index contributed by atoms with van der Waals surface area (Å²) in [5, 5.41) is 9.69. The van der Waals surface area contributed by atoms with Gasteiger partial charge in [-0.25, -0.2) is 13.2 Å². The van der Waals surface area contributed by atoms with Gasteiger partial charge in [0.2, 0.25) is 0 Å². The van der Waals surface area contributed by atoms with Gasteiger partial charge in [-0.15, -0.1) is 0 Å². The van der Waals surface area contributed by atoms with Gasteiger partial charge < -0.3 is 5.11 Å². The van der Waals surface area contributed by atoms with E-state index >= 15 is 0 Å². The van der Waals surface area contributed by atoms with Crippen LogP contribution in [0, 0.1) is 0 Å². The fourth-order valence-corrected chi connectivity index (χ4v) is 4.97. The van der Waals surface area contributed by atoms with E-state index in [0.29, 0.717) is 4.31 Å². The molecule has 0 fully saturated rings. The van der Waals surface area contributed by atoms with E-state index in [-0.39, 0.29) is 30.7 Å². The Hall–Kier alpha value is -1.18. The molecule has 0 radical (unpaired) electrons. The third-order valence-electron chi connectivity index (χ3n) is 3.24. The predicted octanol–water partition coefficient (Wildman–Crippen LogP) is 4.97. The first kappa shape index (κ1) is 20.1. The number of nitrogens with zero attached hydrogens (tertiary/aromatic N) is 1. The SMILES string of the molecule is CC(C(=O)O)N(c1cc(Cl)cc(Cl)c1)S(=O)(=O)c1cc(Cl)ccc1Cl. The molecule has 0 aliphatic carbocycles. The van der Waals surface area contributed by atoms with Gasteiger partial charge in [-0.1, -0.05) is 46.4 Å². The average molecular weight is 443 g/mol. The molecule has 2 aromatic rings. The zero-order valence-electron chi connectivity index (χ0n) is 12.6. The molecule has 0 aliphatic rings. The van der Waals surface area contributed by atoms with Gasteiger partial charge in [0.25, 0.3) is 10.0 Å². The number of benzene rings is 2. The van der Waals surface area contributed by atoms with Gasteiger partial charge in [0.15, 0.2) is 0 Å². The fraction of sp³-hybridized carbons (Fsp3) is 0.133. The summed E-state index contributed by atoms with van der Waals surface area (Å²) in [6, 6.07) is 6.41. The molecule has 134 valence electrons. The summed E-state index contributed by atoms with van der Waals surface area (Å²) < 4.78 is 26.9. The zero-order valence-corrected chi connectivity index (χ0v) is 16.4. The van der Waals surface area contributed by atoms with Crippen LogP contribution in [-0.4, -0.2) is 25.5 Å². The summed E-state index contributed by atoms with van der Waals surface area (Å²) in [6.07, 6.45) is 0. The van der Waals surface area contributed by atoms with Crippen molar-refractivity contribution in [2.24, 2.45) is 0 Å². The van der Waals surface area contributed by atoms with E-state index in [1.165, 1.54) is 37.3 Å². The lowest BCUT2D eigenvalue weighted by Gasteiger charge is -2.28. The number of hydrogen-bond donors (Lipinski definition) is 1. The van der Waals surface area contributed by atoms with Crippen molar-refractivity contribution in [3.8, 4) is 0 Å². The third-order valence-corrected chi connectivity index (χ3v) is 6.29. The highest BCUT2D eigenvalue weighted by Gasteiger charge is 2.35. The molecule has 0 saturated carbocycles. The number of carbonyl (C=O) groups is 1. The maximum absolute atomic E-state index is 13.1. The van der Waals surface area contributed by atoms with Crippen LogP contribution < -0.4 is 4.31 Å². The van der Waals surface area contributed by atoms with E-state index < -0.39 is 22.0 Å². The van der Waals surface area contributed by atoms with Gasteiger partial charge in [-0.2, -0.15) is 0 Å². The molecule has 5 nitrogen and oxygen atoms in total. The Kier molecular flexibility index (Phi) is 6.12. The number of halogens is 4. The Morgan fingerprint density at radius 3 is 2.08 bits per heavy atom. The van der Waals surface area contributed by atoms with Crippen LogP contribution in [0.2, 0.25) is 20.1 Å². The summed E-state index contributed by atoms with van der Waals surface area (Å²) in [5.74, 6) is -1.36. The van der Waals surface area contributed by atoms with E-state index in [2.05, 4.69) is 0 Å². The van der Waals surface area contributed by atoms with E-state index in [1.54, 1.807) is 0 Å². The number of rotatable bonds is 5. The second kappa shape index (κ2) is 7.60. The number of anilines is 1. The fourth-order valence-electron chi connectivity index (χ4n) is 2.12. The summed E-state index contributed by atoms with van der Waals surface area (Å²) in [5.41, 5.74) is -0.0107. The largest absolute Gasteiger partial charge is 0.480 e. The normalized spacial score (nSPS) is 12.7. The zero-order chi connectivity index (χ0) is 18.9. The van der Waals surface area contributed by atoms with Crippen LogP contribution in [0.15, 0.2) is 41.3 Å². The topological polar surface area (TPSA) is 74.7 Å². The molecule has 1 atom stereocenters. The average Bonchev–Trinajstić information content (AvgIpc) is 2.48. The van der Waals surface area contributed by atoms with Crippen molar-refractivity contribution in [3.05, 3.63) is 56.5 Å². The summed E-state index contributed by atoms with van der Waals surface area (Å²) in [7, 11) is -4.37. The van der Waals surface area contributed by atoms with Crippen LogP contribution in [0.4, 0.5) is 5.69 Å². The molecule has 0 saturated heterocycles. The van der Waals surface area contributed by atoms with Gasteiger partial charge in [0, 0.05) is 15.1 Å². The molecule has 0 amide bonds. The molecule has 1 unspecified atom stereocenters. The predicted molar refractivity (Wildman–Crippen MR) is 99.7 cm³/mol. The maximum Gasteiger partial charge on any atom is 0.327 e.